The minimum atomic E-state index is -4.99. The van der Waals surface area contributed by atoms with Gasteiger partial charge in [0.05, 0.1) is 35.3 Å². The molecule has 164 valence electrons. The number of furan rings is 1. The molecule has 0 unspecified atom stereocenters. The van der Waals surface area contributed by atoms with Gasteiger partial charge in [0.1, 0.15) is 5.76 Å². The van der Waals surface area contributed by atoms with E-state index in [1.165, 1.54) is 37.7 Å². The lowest BCUT2D eigenvalue weighted by atomic mass is 9.98. The van der Waals surface area contributed by atoms with Gasteiger partial charge >= 0.3 is 12.4 Å². The summed E-state index contributed by atoms with van der Waals surface area (Å²) in [6, 6.07) is 3.67. The number of nitrogens with zero attached hydrogens (tertiary/aromatic N) is 2. The monoisotopic (exact) mass is 443 g/mol. The van der Waals surface area contributed by atoms with Crippen molar-refractivity contribution in [1.82, 2.24) is 9.78 Å². The zero-order chi connectivity index (χ0) is 22.8. The Bertz CT molecular complexity index is 1080. The minimum absolute atomic E-state index is 0.0808. The van der Waals surface area contributed by atoms with E-state index in [0.717, 1.165) is 10.7 Å². The molecule has 0 aliphatic rings. The van der Waals surface area contributed by atoms with Crippen molar-refractivity contribution in [3.63, 3.8) is 0 Å². The average molecular weight is 443 g/mol. The number of aromatic nitrogens is 2. The highest BCUT2D eigenvalue weighted by atomic mass is 19.4. The highest BCUT2D eigenvalue weighted by Crippen LogP contribution is 2.39. The summed E-state index contributed by atoms with van der Waals surface area (Å²) in [7, 11) is 0. The van der Waals surface area contributed by atoms with E-state index < -0.39 is 35.4 Å². The number of anilines is 1. The van der Waals surface area contributed by atoms with E-state index >= 15 is 0 Å². The molecule has 2 aromatic heterocycles. The van der Waals surface area contributed by atoms with Crippen LogP contribution in [0, 0.1) is 0 Å². The molecule has 0 aliphatic heterocycles. The third kappa shape index (κ3) is 5.36. The number of rotatable bonds is 5. The molecule has 1 aromatic carbocycles. The van der Waals surface area contributed by atoms with Gasteiger partial charge in [-0.15, -0.1) is 0 Å². The van der Waals surface area contributed by atoms with E-state index in [1.54, 1.807) is 12.1 Å². The van der Waals surface area contributed by atoms with Crippen LogP contribution in [0.3, 0.4) is 0 Å². The summed E-state index contributed by atoms with van der Waals surface area (Å²) in [6.07, 6.45) is -3.37. The zero-order valence-electron chi connectivity index (χ0n) is 15.8. The molecule has 11 heteroatoms. The van der Waals surface area contributed by atoms with Crippen molar-refractivity contribution < 1.29 is 35.6 Å². The van der Waals surface area contributed by atoms with Gasteiger partial charge in [-0.3, -0.25) is 9.48 Å². The molecule has 1 atom stereocenters. The first kappa shape index (κ1) is 22.2. The Morgan fingerprint density at radius 2 is 1.90 bits per heavy atom. The molecule has 2 heterocycles. The number of amides is 1. The molecule has 0 aliphatic carbocycles. The highest BCUT2D eigenvalue weighted by Gasteiger charge is 2.39. The van der Waals surface area contributed by atoms with Crippen LogP contribution in [0.25, 0.3) is 6.08 Å². The van der Waals surface area contributed by atoms with Crippen LogP contribution in [0.4, 0.5) is 32.0 Å². The topological polar surface area (TPSA) is 60.1 Å². The number of halogens is 6. The van der Waals surface area contributed by atoms with Gasteiger partial charge in [-0.2, -0.15) is 31.4 Å². The molecule has 0 fully saturated rings. The quantitative estimate of drug-likeness (QED) is 0.402. The summed E-state index contributed by atoms with van der Waals surface area (Å²) < 4.78 is 84.9. The summed E-state index contributed by atoms with van der Waals surface area (Å²) in [4.78, 5) is 11.9. The van der Waals surface area contributed by atoms with E-state index in [0.29, 0.717) is 11.8 Å². The third-order valence-electron chi connectivity index (χ3n) is 4.34. The molecule has 0 saturated heterocycles. The van der Waals surface area contributed by atoms with Crippen molar-refractivity contribution in [1.29, 1.82) is 0 Å². The molecular formula is C20H15F6N3O2. The number of hydrogen-bond acceptors (Lipinski definition) is 3. The maximum absolute atomic E-state index is 13.4. The van der Waals surface area contributed by atoms with Crippen molar-refractivity contribution in [3.05, 3.63) is 77.5 Å². The fourth-order valence-corrected chi connectivity index (χ4v) is 2.83. The van der Waals surface area contributed by atoms with Gasteiger partial charge in [-0.25, -0.2) is 0 Å². The van der Waals surface area contributed by atoms with Gasteiger partial charge in [0.25, 0.3) is 0 Å². The standard InChI is InChI=1S/C20H15F6N3O2/c1-12(16-6-4-13(19(21,22)23)9-17(16)20(24,25)26)29-11-14(10-27-29)28-18(30)7-5-15-3-2-8-31-15/h2-12H,1H3,(H,28,30)/b7-5+/t12-/m1/s1. The van der Waals surface area contributed by atoms with Gasteiger partial charge in [0.2, 0.25) is 5.91 Å². The molecule has 0 saturated carbocycles. The van der Waals surface area contributed by atoms with Crippen molar-refractivity contribution in [3.8, 4) is 0 Å². The summed E-state index contributed by atoms with van der Waals surface area (Å²) in [6.45, 7) is 1.35. The first-order valence-electron chi connectivity index (χ1n) is 8.80. The van der Waals surface area contributed by atoms with E-state index in [4.69, 9.17) is 4.42 Å². The number of hydrogen-bond donors (Lipinski definition) is 1. The van der Waals surface area contributed by atoms with E-state index in [1.807, 2.05) is 0 Å². The maximum atomic E-state index is 13.4. The predicted octanol–water partition coefficient (Wildman–Crippen LogP) is 5.77. The molecule has 1 N–H and O–H groups in total. The van der Waals surface area contributed by atoms with Gasteiger partial charge in [0.15, 0.2) is 0 Å². The molecule has 5 nitrogen and oxygen atoms in total. The number of nitrogens with one attached hydrogen (secondary N) is 1. The van der Waals surface area contributed by atoms with Gasteiger partial charge < -0.3 is 9.73 Å². The molecular weight excluding hydrogens is 428 g/mol. The lowest BCUT2D eigenvalue weighted by Crippen LogP contribution is -2.17. The zero-order valence-corrected chi connectivity index (χ0v) is 15.8. The van der Waals surface area contributed by atoms with Crippen LogP contribution in [-0.4, -0.2) is 15.7 Å². The maximum Gasteiger partial charge on any atom is 0.416 e. The van der Waals surface area contributed by atoms with Crippen LogP contribution in [0.15, 0.2) is 59.5 Å². The van der Waals surface area contributed by atoms with Crippen molar-refractivity contribution in [2.45, 2.75) is 25.3 Å². The Hall–Kier alpha value is -3.50. The van der Waals surface area contributed by atoms with Gasteiger partial charge in [-0.1, -0.05) is 6.07 Å². The largest absolute Gasteiger partial charge is 0.465 e. The van der Waals surface area contributed by atoms with Crippen molar-refractivity contribution in [2.24, 2.45) is 0 Å². The summed E-state index contributed by atoms with van der Waals surface area (Å²) in [5.74, 6) is -0.0874. The van der Waals surface area contributed by atoms with Crippen molar-refractivity contribution in [2.75, 3.05) is 5.32 Å². The number of carbonyl (C=O) groups is 1. The lowest BCUT2D eigenvalue weighted by molar-refractivity contribution is -0.143. The van der Waals surface area contributed by atoms with Gasteiger partial charge in [-0.05, 0) is 42.8 Å². The van der Waals surface area contributed by atoms with Crippen LogP contribution >= 0.6 is 0 Å². The molecule has 0 radical (unpaired) electrons. The van der Waals surface area contributed by atoms with Crippen LogP contribution in [-0.2, 0) is 17.1 Å². The Morgan fingerprint density at radius 1 is 1.16 bits per heavy atom. The van der Waals surface area contributed by atoms with E-state index in [-0.39, 0.29) is 17.3 Å². The third-order valence-corrected chi connectivity index (χ3v) is 4.34. The fourth-order valence-electron chi connectivity index (χ4n) is 2.83. The molecule has 31 heavy (non-hydrogen) atoms. The number of alkyl halides is 6. The number of benzene rings is 1. The number of carbonyl (C=O) groups excluding carboxylic acids is 1. The summed E-state index contributed by atoms with van der Waals surface area (Å²) >= 11 is 0. The molecule has 0 bridgehead atoms. The van der Waals surface area contributed by atoms with Crippen LogP contribution in [0.1, 0.15) is 35.4 Å². The van der Waals surface area contributed by atoms with Crippen molar-refractivity contribution >= 4 is 17.7 Å². The Balaban J connectivity index is 1.81. The SMILES string of the molecule is C[C@H](c1ccc(C(F)(F)F)cc1C(F)(F)F)n1cc(NC(=O)/C=C/c2ccco2)cn1. The Morgan fingerprint density at radius 3 is 2.52 bits per heavy atom. The minimum Gasteiger partial charge on any atom is -0.465 e. The summed E-state index contributed by atoms with van der Waals surface area (Å²) in [5, 5.41) is 6.40. The first-order valence-corrected chi connectivity index (χ1v) is 8.80. The fraction of sp³-hybridized carbons (Fsp3) is 0.200. The molecule has 3 aromatic rings. The van der Waals surface area contributed by atoms with E-state index in [2.05, 4.69) is 10.4 Å². The first-order chi connectivity index (χ1) is 14.4. The second-order valence-corrected chi connectivity index (χ2v) is 6.52. The predicted molar refractivity (Wildman–Crippen MR) is 98.9 cm³/mol. The van der Waals surface area contributed by atoms with Crippen LogP contribution < -0.4 is 5.32 Å². The average Bonchev–Trinajstić information content (AvgIpc) is 3.36. The Labute approximate surface area is 172 Å². The van der Waals surface area contributed by atoms with Gasteiger partial charge in [0, 0.05) is 12.3 Å². The lowest BCUT2D eigenvalue weighted by Gasteiger charge is -2.20. The highest BCUT2D eigenvalue weighted by molar-refractivity contribution is 6.01. The Kier molecular flexibility index (Phi) is 5.96. The van der Waals surface area contributed by atoms with Crippen LogP contribution in [0.5, 0.6) is 0 Å². The second kappa shape index (κ2) is 8.32. The normalized spacial score (nSPS) is 13.5. The second-order valence-electron chi connectivity index (χ2n) is 6.52. The van der Waals surface area contributed by atoms with Crippen LogP contribution in [0.2, 0.25) is 0 Å². The molecule has 3 rings (SSSR count). The smallest absolute Gasteiger partial charge is 0.416 e. The van der Waals surface area contributed by atoms with E-state index in [9.17, 15) is 31.1 Å². The molecule has 0 spiro atoms. The molecule has 1 amide bonds. The summed E-state index contributed by atoms with van der Waals surface area (Å²) in [5.41, 5.74) is -2.99.